The van der Waals surface area contributed by atoms with Gasteiger partial charge in [0.05, 0.1) is 0 Å². The monoisotopic (exact) mass is 257 g/mol. The molecule has 0 aromatic heterocycles. The van der Waals surface area contributed by atoms with Crippen molar-refractivity contribution in [2.45, 2.75) is 32.7 Å². The van der Waals surface area contributed by atoms with Crippen molar-refractivity contribution in [3.63, 3.8) is 0 Å². The van der Waals surface area contributed by atoms with Crippen molar-refractivity contribution < 1.29 is 0 Å². The summed E-state index contributed by atoms with van der Waals surface area (Å²) < 4.78 is 0. The average Bonchev–Trinajstić information content (AvgIpc) is 2.40. The fraction of sp³-hybridized carbons (Fsp3) is 0.444. The topological polar surface area (TPSA) is 3.24 Å². The van der Waals surface area contributed by atoms with Gasteiger partial charge in [0, 0.05) is 11.5 Å². The van der Waals surface area contributed by atoms with Crippen LogP contribution in [0.25, 0.3) is 0 Å². The number of likely N-dealkylation sites (N-methyl/N-ethyl adjacent to an activating group) is 1. The van der Waals surface area contributed by atoms with Gasteiger partial charge in [-0.25, -0.2) is 0 Å². The summed E-state index contributed by atoms with van der Waals surface area (Å²) in [5.41, 5.74) is 1.19. The number of hydrogen-bond donors (Lipinski definition) is 0. The van der Waals surface area contributed by atoms with Crippen LogP contribution in [0.5, 0.6) is 0 Å². The molecular formula is C18H27N. The van der Waals surface area contributed by atoms with Gasteiger partial charge in [0.1, 0.15) is 0 Å². The van der Waals surface area contributed by atoms with Gasteiger partial charge in [-0.15, -0.1) is 6.58 Å². The van der Waals surface area contributed by atoms with Gasteiger partial charge in [-0.3, -0.25) is 4.90 Å². The minimum Gasteiger partial charge on any atom is -0.297 e. The first-order valence-electron chi connectivity index (χ1n) is 7.08. The number of nitrogens with zero attached hydrogens (tertiary/aromatic N) is 1. The van der Waals surface area contributed by atoms with Gasteiger partial charge in [-0.1, -0.05) is 61.6 Å². The van der Waals surface area contributed by atoms with Gasteiger partial charge in [-0.2, -0.15) is 0 Å². The fourth-order valence-corrected chi connectivity index (χ4v) is 2.14. The smallest absolute Gasteiger partial charge is 0.0462 e. The molecule has 2 atom stereocenters. The molecule has 0 aliphatic heterocycles. The predicted molar refractivity (Wildman–Crippen MR) is 86.2 cm³/mol. The van der Waals surface area contributed by atoms with E-state index in [1.807, 2.05) is 6.08 Å². The van der Waals surface area contributed by atoms with Gasteiger partial charge in [0.15, 0.2) is 0 Å². The highest BCUT2D eigenvalue weighted by atomic mass is 15.1. The standard InChI is InChI=1S/C18H27N/c1-6-8-11-16(3)18(4)14-10-9-12-17(13-15-18)19(5)7-2/h6,9-10,12-15,17H,1,3,7-8,11H2,2,4-5H3/b12-9-,14-10-,15-13-. The van der Waals surface area contributed by atoms with E-state index in [0.717, 1.165) is 19.4 Å². The van der Waals surface area contributed by atoms with Crippen LogP contribution in [-0.4, -0.2) is 24.5 Å². The molecule has 0 aromatic rings. The normalized spacial score (nSPS) is 31.3. The van der Waals surface area contributed by atoms with Crippen LogP contribution in [0.3, 0.4) is 0 Å². The van der Waals surface area contributed by atoms with Crippen molar-refractivity contribution in [3.05, 3.63) is 61.3 Å². The molecule has 0 aromatic carbocycles. The lowest BCUT2D eigenvalue weighted by Gasteiger charge is -2.28. The quantitative estimate of drug-likeness (QED) is 0.632. The van der Waals surface area contributed by atoms with Crippen LogP contribution in [0.1, 0.15) is 26.7 Å². The lowest BCUT2D eigenvalue weighted by Crippen LogP contribution is -2.29. The van der Waals surface area contributed by atoms with E-state index in [2.05, 4.69) is 75.4 Å². The lowest BCUT2D eigenvalue weighted by molar-refractivity contribution is 0.335. The van der Waals surface area contributed by atoms with Crippen LogP contribution in [0, 0.1) is 5.41 Å². The van der Waals surface area contributed by atoms with Crippen molar-refractivity contribution >= 4 is 0 Å². The molecule has 0 amide bonds. The highest BCUT2D eigenvalue weighted by molar-refractivity contribution is 5.31. The van der Waals surface area contributed by atoms with Crippen LogP contribution in [0.4, 0.5) is 0 Å². The second-order valence-corrected chi connectivity index (χ2v) is 5.38. The van der Waals surface area contributed by atoms with Crippen LogP contribution >= 0.6 is 0 Å². The molecule has 1 nitrogen and oxygen atoms in total. The Morgan fingerprint density at radius 1 is 1.32 bits per heavy atom. The average molecular weight is 257 g/mol. The molecular weight excluding hydrogens is 230 g/mol. The Labute approximate surface area is 118 Å². The van der Waals surface area contributed by atoms with Crippen molar-refractivity contribution in [3.8, 4) is 0 Å². The van der Waals surface area contributed by atoms with Crippen LogP contribution in [0.2, 0.25) is 0 Å². The van der Waals surface area contributed by atoms with Crippen LogP contribution in [-0.2, 0) is 0 Å². The molecule has 1 aliphatic carbocycles. The molecule has 0 saturated heterocycles. The van der Waals surface area contributed by atoms with Gasteiger partial charge in [-0.05, 0) is 33.4 Å². The Morgan fingerprint density at radius 3 is 2.68 bits per heavy atom. The van der Waals surface area contributed by atoms with E-state index in [-0.39, 0.29) is 5.41 Å². The first-order valence-corrected chi connectivity index (χ1v) is 7.08. The van der Waals surface area contributed by atoms with E-state index in [1.165, 1.54) is 5.57 Å². The van der Waals surface area contributed by atoms with Gasteiger partial charge in [0.2, 0.25) is 0 Å². The molecule has 1 heteroatoms. The van der Waals surface area contributed by atoms with Crippen molar-refractivity contribution in [1.29, 1.82) is 0 Å². The molecule has 0 fully saturated rings. The van der Waals surface area contributed by atoms with E-state index >= 15 is 0 Å². The third-order valence-corrected chi connectivity index (χ3v) is 3.92. The lowest BCUT2D eigenvalue weighted by atomic mass is 9.79. The molecule has 19 heavy (non-hydrogen) atoms. The Bertz CT molecular complexity index is 400. The summed E-state index contributed by atoms with van der Waals surface area (Å²) >= 11 is 0. The highest BCUT2D eigenvalue weighted by Crippen LogP contribution is 2.33. The molecule has 1 rings (SSSR count). The zero-order valence-electron chi connectivity index (χ0n) is 12.6. The summed E-state index contributed by atoms with van der Waals surface area (Å²) in [7, 11) is 2.15. The predicted octanol–water partition coefficient (Wildman–Crippen LogP) is 4.52. The molecule has 2 unspecified atom stereocenters. The molecule has 0 saturated carbocycles. The zero-order valence-corrected chi connectivity index (χ0v) is 12.6. The third kappa shape index (κ3) is 4.36. The van der Waals surface area contributed by atoms with Crippen molar-refractivity contribution in [1.82, 2.24) is 4.90 Å². The minimum atomic E-state index is -0.0550. The SMILES string of the molecule is C=CCCC(=C)C1(C)/C=C\C=C/C(N(C)CC)/C=C\1. The van der Waals surface area contributed by atoms with Gasteiger partial charge in [0.25, 0.3) is 0 Å². The van der Waals surface area contributed by atoms with E-state index in [9.17, 15) is 0 Å². The maximum atomic E-state index is 4.26. The Hall–Kier alpha value is -1.34. The Balaban J connectivity index is 2.91. The molecule has 104 valence electrons. The van der Waals surface area contributed by atoms with E-state index < -0.39 is 0 Å². The summed E-state index contributed by atoms with van der Waals surface area (Å²) in [5, 5.41) is 0. The zero-order chi connectivity index (χ0) is 14.3. The fourth-order valence-electron chi connectivity index (χ4n) is 2.14. The second-order valence-electron chi connectivity index (χ2n) is 5.38. The number of allylic oxidation sites excluding steroid dienone is 6. The Kier molecular flexibility index (Phi) is 6.04. The van der Waals surface area contributed by atoms with Crippen molar-refractivity contribution in [2.75, 3.05) is 13.6 Å². The van der Waals surface area contributed by atoms with Crippen LogP contribution in [0.15, 0.2) is 61.3 Å². The third-order valence-electron chi connectivity index (χ3n) is 3.92. The molecule has 0 heterocycles. The summed E-state index contributed by atoms with van der Waals surface area (Å²) in [5.74, 6) is 0. The molecule has 0 N–H and O–H groups in total. The molecule has 0 radical (unpaired) electrons. The summed E-state index contributed by atoms with van der Waals surface area (Å²) in [6.07, 6.45) is 17.2. The molecule has 0 spiro atoms. The summed E-state index contributed by atoms with van der Waals surface area (Å²) in [6.45, 7) is 13.5. The van der Waals surface area contributed by atoms with E-state index in [1.54, 1.807) is 0 Å². The van der Waals surface area contributed by atoms with Gasteiger partial charge < -0.3 is 0 Å². The highest BCUT2D eigenvalue weighted by Gasteiger charge is 2.22. The maximum absolute atomic E-state index is 4.26. The largest absolute Gasteiger partial charge is 0.297 e. The first kappa shape index (κ1) is 15.7. The van der Waals surface area contributed by atoms with Gasteiger partial charge >= 0.3 is 0 Å². The minimum absolute atomic E-state index is 0.0550. The molecule has 1 aliphatic rings. The number of hydrogen-bond acceptors (Lipinski definition) is 1. The Morgan fingerprint density at radius 2 is 2.05 bits per heavy atom. The first-order chi connectivity index (χ1) is 9.03. The van der Waals surface area contributed by atoms with E-state index in [0.29, 0.717) is 6.04 Å². The maximum Gasteiger partial charge on any atom is 0.0462 e. The summed E-state index contributed by atoms with van der Waals surface area (Å²) in [4.78, 5) is 2.32. The van der Waals surface area contributed by atoms with Crippen LogP contribution < -0.4 is 0 Å². The molecule has 0 bridgehead atoms. The van der Waals surface area contributed by atoms with E-state index in [4.69, 9.17) is 0 Å². The summed E-state index contributed by atoms with van der Waals surface area (Å²) in [6, 6.07) is 0.362. The van der Waals surface area contributed by atoms with Crippen molar-refractivity contribution in [2.24, 2.45) is 5.41 Å². The number of rotatable bonds is 6. The second kappa shape index (κ2) is 7.30.